The van der Waals surface area contributed by atoms with Gasteiger partial charge < -0.3 is 5.32 Å². The zero-order valence-electron chi connectivity index (χ0n) is 8.89. The third-order valence-corrected chi connectivity index (χ3v) is 2.97. The molecule has 82 valence electrons. The highest BCUT2D eigenvalue weighted by Crippen LogP contribution is 2.17. The summed E-state index contributed by atoms with van der Waals surface area (Å²) in [6.07, 6.45) is 5.17. The second-order valence-electron chi connectivity index (χ2n) is 3.50. The molecule has 0 spiro atoms. The maximum atomic E-state index is 4.27. The Labute approximate surface area is 108 Å². The third-order valence-electron chi connectivity index (χ3n) is 2.25. The van der Waals surface area contributed by atoms with Crippen molar-refractivity contribution in [1.29, 1.82) is 0 Å². The van der Waals surface area contributed by atoms with E-state index in [4.69, 9.17) is 0 Å². The molecule has 1 unspecified atom stereocenters. The average molecular weight is 325 g/mol. The van der Waals surface area contributed by atoms with Crippen LogP contribution in [-0.4, -0.2) is 9.97 Å². The summed E-state index contributed by atoms with van der Waals surface area (Å²) in [7, 11) is 0. The molecule has 1 N–H and O–H groups in total. The number of aromatic nitrogens is 2. The van der Waals surface area contributed by atoms with E-state index in [9.17, 15) is 0 Å². The lowest BCUT2D eigenvalue weighted by Crippen LogP contribution is -2.08. The maximum Gasteiger partial charge on any atom is 0.0806 e. The first-order chi connectivity index (χ1) is 7.75. The van der Waals surface area contributed by atoms with Crippen molar-refractivity contribution in [3.63, 3.8) is 0 Å². The zero-order valence-corrected chi connectivity index (χ0v) is 11.0. The topological polar surface area (TPSA) is 37.8 Å². The molecule has 0 aliphatic heterocycles. The number of hydrogen-bond acceptors (Lipinski definition) is 3. The summed E-state index contributed by atoms with van der Waals surface area (Å²) < 4.78 is 1.23. The van der Waals surface area contributed by atoms with Crippen molar-refractivity contribution in [3.05, 3.63) is 52.1 Å². The minimum atomic E-state index is 0.161. The fourth-order valence-corrected chi connectivity index (χ4v) is 1.76. The number of nitrogens with zero attached hydrogens (tertiary/aromatic N) is 2. The molecular weight excluding hydrogens is 313 g/mol. The van der Waals surface area contributed by atoms with E-state index in [0.717, 1.165) is 11.4 Å². The van der Waals surface area contributed by atoms with Crippen LogP contribution in [0.5, 0.6) is 0 Å². The standard InChI is InChI=1S/C12H12IN3/c1-9(12-8-14-6-7-15-12)16-11-4-2-10(13)3-5-11/h2-9,16H,1H3. The summed E-state index contributed by atoms with van der Waals surface area (Å²) in [5.41, 5.74) is 2.04. The highest BCUT2D eigenvalue weighted by Gasteiger charge is 2.05. The summed E-state index contributed by atoms with van der Waals surface area (Å²) in [5.74, 6) is 0. The molecule has 4 heteroatoms. The van der Waals surface area contributed by atoms with Gasteiger partial charge in [-0.05, 0) is 53.8 Å². The van der Waals surface area contributed by atoms with Gasteiger partial charge in [0.2, 0.25) is 0 Å². The number of rotatable bonds is 3. The molecule has 0 aliphatic carbocycles. The first-order valence-electron chi connectivity index (χ1n) is 5.04. The molecule has 2 aromatic rings. The summed E-state index contributed by atoms with van der Waals surface area (Å²) in [4.78, 5) is 8.32. The van der Waals surface area contributed by atoms with Gasteiger partial charge in [0.25, 0.3) is 0 Å². The summed E-state index contributed by atoms with van der Waals surface area (Å²) >= 11 is 2.29. The fourth-order valence-electron chi connectivity index (χ4n) is 1.40. The van der Waals surface area contributed by atoms with Crippen molar-refractivity contribution in [2.75, 3.05) is 5.32 Å². The molecule has 0 aliphatic rings. The highest BCUT2D eigenvalue weighted by molar-refractivity contribution is 14.1. The van der Waals surface area contributed by atoms with E-state index in [0.29, 0.717) is 0 Å². The first-order valence-corrected chi connectivity index (χ1v) is 6.11. The lowest BCUT2D eigenvalue weighted by molar-refractivity contribution is 0.827. The minimum absolute atomic E-state index is 0.161. The molecule has 1 aromatic carbocycles. The van der Waals surface area contributed by atoms with Crippen molar-refractivity contribution in [3.8, 4) is 0 Å². The van der Waals surface area contributed by atoms with Gasteiger partial charge in [0.05, 0.1) is 17.9 Å². The Morgan fingerprint density at radius 1 is 1.19 bits per heavy atom. The van der Waals surface area contributed by atoms with Crippen molar-refractivity contribution >= 4 is 28.3 Å². The van der Waals surface area contributed by atoms with Crippen LogP contribution in [-0.2, 0) is 0 Å². The molecule has 0 saturated carbocycles. The Bertz CT molecular complexity index is 442. The van der Waals surface area contributed by atoms with Gasteiger partial charge in [-0.2, -0.15) is 0 Å². The van der Waals surface area contributed by atoms with Crippen LogP contribution >= 0.6 is 22.6 Å². The van der Waals surface area contributed by atoms with E-state index in [1.807, 2.05) is 0 Å². The van der Waals surface area contributed by atoms with Crippen LogP contribution in [0.2, 0.25) is 0 Å². The molecule has 1 atom stereocenters. The molecule has 1 aromatic heterocycles. The maximum absolute atomic E-state index is 4.27. The van der Waals surface area contributed by atoms with E-state index in [2.05, 4.69) is 69.1 Å². The Kier molecular flexibility index (Phi) is 3.71. The van der Waals surface area contributed by atoms with Crippen LogP contribution in [0.15, 0.2) is 42.9 Å². The van der Waals surface area contributed by atoms with Gasteiger partial charge in [-0.25, -0.2) is 0 Å². The Balaban J connectivity index is 2.08. The average Bonchev–Trinajstić information content (AvgIpc) is 2.33. The van der Waals surface area contributed by atoms with Gasteiger partial charge in [-0.1, -0.05) is 0 Å². The smallest absolute Gasteiger partial charge is 0.0806 e. The first kappa shape index (κ1) is 11.3. The molecule has 0 radical (unpaired) electrons. The normalized spacial score (nSPS) is 12.1. The van der Waals surface area contributed by atoms with E-state index >= 15 is 0 Å². The number of anilines is 1. The third kappa shape index (κ3) is 2.91. The molecular formula is C12H12IN3. The SMILES string of the molecule is CC(Nc1ccc(I)cc1)c1cnccn1. The number of halogens is 1. The van der Waals surface area contributed by atoms with Crippen LogP contribution in [0.3, 0.4) is 0 Å². The zero-order chi connectivity index (χ0) is 11.4. The van der Waals surface area contributed by atoms with Crippen LogP contribution in [0.4, 0.5) is 5.69 Å². The monoisotopic (exact) mass is 325 g/mol. The van der Waals surface area contributed by atoms with Gasteiger partial charge in [0, 0.05) is 21.7 Å². The fraction of sp³-hybridized carbons (Fsp3) is 0.167. The van der Waals surface area contributed by atoms with Crippen molar-refractivity contribution in [2.24, 2.45) is 0 Å². The molecule has 16 heavy (non-hydrogen) atoms. The second kappa shape index (κ2) is 5.25. The van der Waals surface area contributed by atoms with Crippen LogP contribution in [0.25, 0.3) is 0 Å². The predicted molar refractivity (Wildman–Crippen MR) is 73.2 cm³/mol. The predicted octanol–water partition coefficient (Wildman–Crippen LogP) is 3.25. The Morgan fingerprint density at radius 2 is 1.94 bits per heavy atom. The van der Waals surface area contributed by atoms with Gasteiger partial charge >= 0.3 is 0 Å². The lowest BCUT2D eigenvalue weighted by atomic mass is 10.2. The quantitative estimate of drug-likeness (QED) is 0.881. The number of nitrogens with one attached hydrogen (secondary N) is 1. The number of benzene rings is 1. The molecule has 0 bridgehead atoms. The molecule has 3 nitrogen and oxygen atoms in total. The van der Waals surface area contributed by atoms with Crippen LogP contribution in [0, 0.1) is 3.57 Å². The van der Waals surface area contributed by atoms with E-state index in [1.54, 1.807) is 18.6 Å². The highest BCUT2D eigenvalue weighted by atomic mass is 127. The molecule has 0 fully saturated rings. The van der Waals surface area contributed by atoms with Gasteiger partial charge in [0.15, 0.2) is 0 Å². The van der Waals surface area contributed by atoms with Crippen molar-refractivity contribution in [1.82, 2.24) is 9.97 Å². The van der Waals surface area contributed by atoms with E-state index in [-0.39, 0.29) is 6.04 Å². The lowest BCUT2D eigenvalue weighted by Gasteiger charge is -2.14. The molecule has 0 amide bonds. The van der Waals surface area contributed by atoms with Crippen molar-refractivity contribution < 1.29 is 0 Å². The van der Waals surface area contributed by atoms with Gasteiger partial charge in [-0.3, -0.25) is 9.97 Å². The van der Waals surface area contributed by atoms with Crippen LogP contribution < -0.4 is 5.32 Å². The van der Waals surface area contributed by atoms with Crippen molar-refractivity contribution in [2.45, 2.75) is 13.0 Å². The van der Waals surface area contributed by atoms with Gasteiger partial charge in [-0.15, -0.1) is 0 Å². The molecule has 2 rings (SSSR count). The molecule has 1 heterocycles. The summed E-state index contributed by atoms with van der Waals surface area (Å²) in [5, 5.41) is 3.38. The van der Waals surface area contributed by atoms with E-state index < -0.39 is 0 Å². The second-order valence-corrected chi connectivity index (χ2v) is 4.75. The Hall–Kier alpha value is -1.17. The Morgan fingerprint density at radius 3 is 2.56 bits per heavy atom. The van der Waals surface area contributed by atoms with Gasteiger partial charge in [0.1, 0.15) is 0 Å². The largest absolute Gasteiger partial charge is 0.377 e. The summed E-state index contributed by atoms with van der Waals surface area (Å²) in [6.45, 7) is 2.07. The molecule has 0 saturated heterocycles. The summed E-state index contributed by atoms with van der Waals surface area (Å²) in [6, 6.07) is 8.44. The minimum Gasteiger partial charge on any atom is -0.377 e. The van der Waals surface area contributed by atoms with E-state index in [1.165, 1.54) is 3.57 Å². The number of hydrogen-bond donors (Lipinski definition) is 1. The van der Waals surface area contributed by atoms with Crippen LogP contribution in [0.1, 0.15) is 18.7 Å².